The molecule has 94 valence electrons. The molecule has 5 heteroatoms. The first-order valence-corrected chi connectivity index (χ1v) is 5.47. The third-order valence-electron chi connectivity index (χ3n) is 2.39. The Kier molecular flexibility index (Phi) is 5.03. The molecule has 0 bridgehead atoms. The van der Waals surface area contributed by atoms with Crippen molar-refractivity contribution in [2.75, 3.05) is 20.3 Å². The highest BCUT2D eigenvalue weighted by Crippen LogP contribution is 2.08. The van der Waals surface area contributed by atoms with Crippen LogP contribution in [0.3, 0.4) is 0 Å². The zero-order valence-electron chi connectivity index (χ0n) is 10.3. The molecule has 0 spiro atoms. The van der Waals surface area contributed by atoms with Gasteiger partial charge in [-0.15, -0.1) is 0 Å². The van der Waals surface area contributed by atoms with Gasteiger partial charge in [0.1, 0.15) is 0 Å². The van der Waals surface area contributed by atoms with Gasteiger partial charge < -0.3 is 9.64 Å². The third kappa shape index (κ3) is 3.78. The van der Waals surface area contributed by atoms with Crippen LogP contribution in [-0.4, -0.2) is 42.1 Å². The van der Waals surface area contributed by atoms with Gasteiger partial charge in [-0.2, -0.15) is 4.39 Å². The Hall–Kier alpha value is -1.49. The molecule has 0 aliphatic rings. The fourth-order valence-corrected chi connectivity index (χ4v) is 1.49. The van der Waals surface area contributed by atoms with E-state index in [0.29, 0.717) is 18.7 Å². The van der Waals surface area contributed by atoms with Gasteiger partial charge in [0.05, 0.1) is 6.61 Å². The SMILES string of the molecule is COCCN(C(=O)c1ccnc(F)c1)C(C)C. The average Bonchev–Trinajstić information content (AvgIpc) is 2.29. The van der Waals surface area contributed by atoms with E-state index in [1.807, 2.05) is 13.8 Å². The van der Waals surface area contributed by atoms with Crippen LogP contribution in [0.15, 0.2) is 18.3 Å². The molecule has 0 unspecified atom stereocenters. The van der Waals surface area contributed by atoms with Gasteiger partial charge in [0.2, 0.25) is 5.95 Å². The Labute approximate surface area is 100 Å². The van der Waals surface area contributed by atoms with Gasteiger partial charge in [-0.25, -0.2) is 4.98 Å². The monoisotopic (exact) mass is 240 g/mol. The second-order valence-electron chi connectivity index (χ2n) is 3.95. The van der Waals surface area contributed by atoms with Crippen molar-refractivity contribution in [3.8, 4) is 0 Å². The lowest BCUT2D eigenvalue weighted by Gasteiger charge is -2.26. The van der Waals surface area contributed by atoms with E-state index < -0.39 is 5.95 Å². The number of aromatic nitrogens is 1. The zero-order valence-corrected chi connectivity index (χ0v) is 10.3. The van der Waals surface area contributed by atoms with Crippen molar-refractivity contribution in [1.29, 1.82) is 0 Å². The molecule has 0 N–H and O–H groups in total. The van der Waals surface area contributed by atoms with Crippen LogP contribution in [-0.2, 0) is 4.74 Å². The number of hydrogen-bond acceptors (Lipinski definition) is 3. The number of hydrogen-bond donors (Lipinski definition) is 0. The highest BCUT2D eigenvalue weighted by molar-refractivity contribution is 5.94. The summed E-state index contributed by atoms with van der Waals surface area (Å²) in [5.74, 6) is -0.857. The number of methoxy groups -OCH3 is 1. The van der Waals surface area contributed by atoms with E-state index in [9.17, 15) is 9.18 Å². The highest BCUT2D eigenvalue weighted by Gasteiger charge is 2.18. The van der Waals surface area contributed by atoms with Gasteiger partial charge in [0.25, 0.3) is 5.91 Å². The summed E-state index contributed by atoms with van der Waals surface area (Å²) in [6.07, 6.45) is 1.29. The van der Waals surface area contributed by atoms with Gasteiger partial charge >= 0.3 is 0 Å². The molecule has 0 aliphatic carbocycles. The minimum Gasteiger partial charge on any atom is -0.383 e. The molecule has 0 aliphatic heterocycles. The number of nitrogens with zero attached hydrogens (tertiary/aromatic N) is 2. The van der Waals surface area contributed by atoms with Crippen LogP contribution in [0.4, 0.5) is 4.39 Å². The van der Waals surface area contributed by atoms with Gasteiger partial charge in [0, 0.05) is 37.5 Å². The largest absolute Gasteiger partial charge is 0.383 e. The summed E-state index contributed by atoms with van der Waals surface area (Å²) in [7, 11) is 1.58. The molecule has 0 fully saturated rings. The first-order valence-electron chi connectivity index (χ1n) is 5.47. The molecule has 1 amide bonds. The Morgan fingerprint density at radius 3 is 2.82 bits per heavy atom. The number of pyridine rings is 1. The van der Waals surface area contributed by atoms with Crippen molar-refractivity contribution in [2.45, 2.75) is 19.9 Å². The van der Waals surface area contributed by atoms with Crippen molar-refractivity contribution >= 4 is 5.91 Å². The minimum atomic E-state index is -0.647. The quantitative estimate of drug-likeness (QED) is 0.736. The third-order valence-corrected chi connectivity index (χ3v) is 2.39. The number of rotatable bonds is 5. The van der Waals surface area contributed by atoms with Crippen LogP contribution in [0, 0.1) is 5.95 Å². The van der Waals surface area contributed by atoms with Crippen molar-refractivity contribution in [3.05, 3.63) is 29.8 Å². The summed E-state index contributed by atoms with van der Waals surface area (Å²) in [4.78, 5) is 17.2. The molecule has 1 aromatic heterocycles. The molecule has 0 radical (unpaired) electrons. The second-order valence-corrected chi connectivity index (χ2v) is 3.95. The zero-order chi connectivity index (χ0) is 12.8. The normalized spacial score (nSPS) is 10.6. The van der Waals surface area contributed by atoms with Crippen LogP contribution < -0.4 is 0 Å². The van der Waals surface area contributed by atoms with Gasteiger partial charge in [-0.05, 0) is 19.9 Å². The maximum Gasteiger partial charge on any atom is 0.254 e. The van der Waals surface area contributed by atoms with Crippen molar-refractivity contribution < 1.29 is 13.9 Å². The standard InChI is InChI=1S/C12H17FN2O2/c1-9(2)15(6-7-17-3)12(16)10-4-5-14-11(13)8-10/h4-5,8-9H,6-7H2,1-3H3. The summed E-state index contributed by atoms with van der Waals surface area (Å²) >= 11 is 0. The number of ether oxygens (including phenoxy) is 1. The lowest BCUT2D eigenvalue weighted by Crippen LogP contribution is -2.39. The Morgan fingerprint density at radius 1 is 1.59 bits per heavy atom. The molecule has 1 rings (SSSR count). The van der Waals surface area contributed by atoms with Gasteiger partial charge in [-0.3, -0.25) is 4.79 Å². The molecule has 0 atom stereocenters. The fourth-order valence-electron chi connectivity index (χ4n) is 1.49. The smallest absolute Gasteiger partial charge is 0.254 e. The lowest BCUT2D eigenvalue weighted by atomic mass is 10.2. The maximum absolute atomic E-state index is 12.9. The predicted molar refractivity (Wildman–Crippen MR) is 62.2 cm³/mol. The molecular weight excluding hydrogens is 223 g/mol. The summed E-state index contributed by atoms with van der Waals surface area (Å²) < 4.78 is 17.9. The molecule has 0 saturated carbocycles. The summed E-state index contributed by atoms with van der Waals surface area (Å²) in [5, 5.41) is 0. The Bertz CT molecular complexity index is 383. The molecular formula is C12H17FN2O2. The number of halogens is 1. The molecule has 0 saturated heterocycles. The number of amides is 1. The lowest BCUT2D eigenvalue weighted by molar-refractivity contribution is 0.0634. The van der Waals surface area contributed by atoms with Crippen molar-refractivity contribution in [2.24, 2.45) is 0 Å². The first kappa shape index (κ1) is 13.6. The van der Waals surface area contributed by atoms with E-state index in [2.05, 4.69) is 4.98 Å². The van der Waals surface area contributed by atoms with E-state index in [0.717, 1.165) is 6.07 Å². The summed E-state index contributed by atoms with van der Waals surface area (Å²) in [6.45, 7) is 4.75. The molecule has 4 nitrogen and oxygen atoms in total. The van der Waals surface area contributed by atoms with E-state index in [1.54, 1.807) is 12.0 Å². The van der Waals surface area contributed by atoms with Crippen LogP contribution in [0.25, 0.3) is 0 Å². The second kappa shape index (κ2) is 6.30. The topological polar surface area (TPSA) is 42.4 Å². The van der Waals surface area contributed by atoms with Crippen LogP contribution in [0.1, 0.15) is 24.2 Å². The van der Waals surface area contributed by atoms with Gasteiger partial charge in [0.15, 0.2) is 0 Å². The van der Waals surface area contributed by atoms with Crippen LogP contribution in [0.5, 0.6) is 0 Å². The van der Waals surface area contributed by atoms with E-state index in [1.165, 1.54) is 12.3 Å². The summed E-state index contributed by atoms with van der Waals surface area (Å²) in [5.41, 5.74) is 0.308. The fraction of sp³-hybridized carbons (Fsp3) is 0.500. The molecule has 0 aromatic carbocycles. The average molecular weight is 240 g/mol. The van der Waals surface area contributed by atoms with Crippen LogP contribution >= 0.6 is 0 Å². The Balaban J connectivity index is 2.84. The first-order chi connectivity index (χ1) is 8.06. The minimum absolute atomic E-state index is 0.0360. The van der Waals surface area contributed by atoms with Crippen molar-refractivity contribution in [1.82, 2.24) is 9.88 Å². The Morgan fingerprint density at radius 2 is 2.29 bits per heavy atom. The van der Waals surface area contributed by atoms with Gasteiger partial charge in [-0.1, -0.05) is 0 Å². The molecule has 1 aromatic rings. The number of carbonyl (C=O) groups excluding carboxylic acids is 1. The van der Waals surface area contributed by atoms with E-state index in [-0.39, 0.29) is 11.9 Å². The number of carbonyl (C=O) groups is 1. The predicted octanol–water partition coefficient (Wildman–Crippen LogP) is 1.72. The van der Waals surface area contributed by atoms with E-state index >= 15 is 0 Å². The summed E-state index contributed by atoms with van der Waals surface area (Å²) in [6, 6.07) is 2.69. The maximum atomic E-state index is 12.9. The van der Waals surface area contributed by atoms with Crippen molar-refractivity contribution in [3.63, 3.8) is 0 Å². The molecule has 17 heavy (non-hydrogen) atoms. The van der Waals surface area contributed by atoms with E-state index in [4.69, 9.17) is 4.74 Å². The molecule has 1 heterocycles. The highest BCUT2D eigenvalue weighted by atomic mass is 19.1. The van der Waals surface area contributed by atoms with Crippen LogP contribution in [0.2, 0.25) is 0 Å².